The summed E-state index contributed by atoms with van der Waals surface area (Å²) < 4.78 is 5.43. The lowest BCUT2D eigenvalue weighted by Crippen LogP contribution is -2.48. The second-order valence-electron chi connectivity index (χ2n) is 5.66. The summed E-state index contributed by atoms with van der Waals surface area (Å²) in [5.41, 5.74) is 0.848. The van der Waals surface area contributed by atoms with E-state index in [4.69, 9.17) is 4.74 Å². The molecule has 1 aromatic rings. The normalized spacial score (nSPS) is 19.3. The third-order valence-corrected chi connectivity index (χ3v) is 5.65. The van der Waals surface area contributed by atoms with Crippen LogP contribution in [0.25, 0.3) is 0 Å². The Bertz CT molecular complexity index is 395. The predicted octanol–water partition coefficient (Wildman–Crippen LogP) is 2.79. The molecule has 0 aromatic heterocycles. The molecule has 1 heterocycles. The molecular weight excluding hydrogens is 282 g/mol. The van der Waals surface area contributed by atoms with Gasteiger partial charge in [-0.15, -0.1) is 0 Å². The van der Waals surface area contributed by atoms with Gasteiger partial charge in [-0.2, -0.15) is 11.8 Å². The SMILES string of the molecule is CCCNC(CO)(CSC1CCOCC1)c1ccccc1. The van der Waals surface area contributed by atoms with Crippen LogP contribution in [0.15, 0.2) is 30.3 Å². The number of hydrogen-bond donors (Lipinski definition) is 2. The summed E-state index contributed by atoms with van der Waals surface area (Å²) in [5.74, 6) is 0.901. The Hall–Kier alpha value is -0.550. The summed E-state index contributed by atoms with van der Waals surface area (Å²) in [7, 11) is 0. The first-order chi connectivity index (χ1) is 10.3. The van der Waals surface area contributed by atoms with Gasteiger partial charge in [-0.25, -0.2) is 0 Å². The molecule has 2 N–H and O–H groups in total. The molecule has 1 atom stereocenters. The van der Waals surface area contributed by atoms with E-state index in [1.54, 1.807) is 0 Å². The minimum atomic E-state index is -0.333. The fourth-order valence-electron chi connectivity index (χ4n) is 2.65. The Balaban J connectivity index is 2.06. The average molecular weight is 309 g/mol. The monoisotopic (exact) mass is 309 g/mol. The van der Waals surface area contributed by atoms with Crippen molar-refractivity contribution in [2.24, 2.45) is 0 Å². The molecule has 2 rings (SSSR count). The lowest BCUT2D eigenvalue weighted by atomic mass is 9.92. The van der Waals surface area contributed by atoms with Gasteiger partial charge in [0.15, 0.2) is 0 Å². The summed E-state index contributed by atoms with van der Waals surface area (Å²) in [6.45, 7) is 4.96. The Kier molecular flexibility index (Phi) is 7.04. The Labute approximate surface area is 132 Å². The van der Waals surface area contributed by atoms with Crippen molar-refractivity contribution in [3.8, 4) is 0 Å². The molecule has 1 aliphatic heterocycles. The van der Waals surface area contributed by atoms with E-state index in [-0.39, 0.29) is 12.1 Å². The van der Waals surface area contributed by atoms with Gasteiger partial charge >= 0.3 is 0 Å². The first kappa shape index (κ1) is 16.8. The molecular formula is C17H27NO2S. The van der Waals surface area contributed by atoms with Crippen LogP contribution in [0, 0.1) is 0 Å². The molecule has 0 spiro atoms. The van der Waals surface area contributed by atoms with Crippen LogP contribution in [0.3, 0.4) is 0 Å². The number of aliphatic hydroxyl groups is 1. The molecule has 0 radical (unpaired) electrons. The quantitative estimate of drug-likeness (QED) is 0.775. The molecule has 1 unspecified atom stereocenters. The van der Waals surface area contributed by atoms with Gasteiger partial charge in [-0.05, 0) is 31.4 Å². The highest BCUT2D eigenvalue weighted by Crippen LogP contribution is 2.31. The van der Waals surface area contributed by atoms with Crippen molar-refractivity contribution in [1.82, 2.24) is 5.32 Å². The zero-order valence-electron chi connectivity index (χ0n) is 12.9. The third-order valence-electron chi connectivity index (χ3n) is 4.04. The molecule has 1 aliphatic rings. The van der Waals surface area contributed by atoms with E-state index in [2.05, 4.69) is 24.4 Å². The minimum Gasteiger partial charge on any atom is -0.394 e. The van der Waals surface area contributed by atoms with E-state index < -0.39 is 0 Å². The zero-order chi connectivity index (χ0) is 15.0. The number of thioether (sulfide) groups is 1. The van der Waals surface area contributed by atoms with Crippen molar-refractivity contribution in [1.29, 1.82) is 0 Å². The maximum atomic E-state index is 10.1. The highest BCUT2D eigenvalue weighted by molar-refractivity contribution is 7.99. The Morgan fingerprint density at radius 1 is 1.29 bits per heavy atom. The minimum absolute atomic E-state index is 0.132. The van der Waals surface area contributed by atoms with Gasteiger partial charge in [0.05, 0.1) is 12.1 Å². The Morgan fingerprint density at radius 2 is 2.00 bits per heavy atom. The number of rotatable bonds is 8. The van der Waals surface area contributed by atoms with E-state index >= 15 is 0 Å². The fourth-order valence-corrected chi connectivity index (χ4v) is 4.06. The first-order valence-electron chi connectivity index (χ1n) is 7.91. The second kappa shape index (κ2) is 8.79. The summed E-state index contributed by atoms with van der Waals surface area (Å²) in [5, 5.41) is 14.3. The lowest BCUT2D eigenvalue weighted by molar-refractivity contribution is 0.0998. The maximum absolute atomic E-state index is 10.1. The third kappa shape index (κ3) is 4.71. The van der Waals surface area contributed by atoms with Crippen LogP contribution in [0.1, 0.15) is 31.7 Å². The summed E-state index contributed by atoms with van der Waals surface area (Å²) in [6.07, 6.45) is 3.31. The number of benzene rings is 1. The molecule has 4 heteroatoms. The molecule has 1 saturated heterocycles. The summed E-state index contributed by atoms with van der Waals surface area (Å²) in [4.78, 5) is 0. The second-order valence-corrected chi connectivity index (χ2v) is 6.94. The first-order valence-corrected chi connectivity index (χ1v) is 8.96. The standard InChI is InChI=1S/C17H27NO2S/c1-2-10-18-17(13-19,15-6-4-3-5-7-15)14-21-16-8-11-20-12-9-16/h3-7,16,18-19H,2,8-14H2,1H3. The Morgan fingerprint density at radius 3 is 2.62 bits per heavy atom. The van der Waals surface area contributed by atoms with Gasteiger partial charge in [0.25, 0.3) is 0 Å². The average Bonchev–Trinajstić information content (AvgIpc) is 2.57. The molecule has 118 valence electrons. The van der Waals surface area contributed by atoms with Crippen LogP contribution in [-0.4, -0.2) is 42.5 Å². The van der Waals surface area contributed by atoms with Crippen molar-refractivity contribution in [2.45, 2.75) is 37.0 Å². The smallest absolute Gasteiger partial charge is 0.0760 e. The molecule has 1 fully saturated rings. The van der Waals surface area contributed by atoms with Crippen LogP contribution in [0.4, 0.5) is 0 Å². The van der Waals surface area contributed by atoms with Crippen LogP contribution in [-0.2, 0) is 10.3 Å². The fraction of sp³-hybridized carbons (Fsp3) is 0.647. The summed E-state index contributed by atoms with van der Waals surface area (Å²) >= 11 is 1.97. The molecule has 0 bridgehead atoms. The van der Waals surface area contributed by atoms with Gasteiger partial charge in [-0.1, -0.05) is 37.3 Å². The molecule has 0 aliphatic carbocycles. The zero-order valence-corrected chi connectivity index (χ0v) is 13.7. The molecule has 1 aromatic carbocycles. The van der Waals surface area contributed by atoms with Crippen molar-refractivity contribution < 1.29 is 9.84 Å². The highest BCUT2D eigenvalue weighted by atomic mass is 32.2. The van der Waals surface area contributed by atoms with Crippen LogP contribution >= 0.6 is 11.8 Å². The lowest BCUT2D eigenvalue weighted by Gasteiger charge is -2.35. The van der Waals surface area contributed by atoms with Gasteiger partial charge in [0.1, 0.15) is 0 Å². The van der Waals surface area contributed by atoms with E-state index in [0.717, 1.165) is 44.8 Å². The molecule has 0 amide bonds. The van der Waals surface area contributed by atoms with E-state index in [0.29, 0.717) is 5.25 Å². The van der Waals surface area contributed by atoms with Gasteiger partial charge in [-0.3, -0.25) is 0 Å². The molecule has 21 heavy (non-hydrogen) atoms. The van der Waals surface area contributed by atoms with Crippen molar-refractivity contribution >= 4 is 11.8 Å². The van der Waals surface area contributed by atoms with Crippen molar-refractivity contribution in [3.05, 3.63) is 35.9 Å². The molecule has 3 nitrogen and oxygen atoms in total. The van der Waals surface area contributed by atoms with Crippen molar-refractivity contribution in [2.75, 3.05) is 32.1 Å². The van der Waals surface area contributed by atoms with E-state index in [1.807, 2.05) is 30.0 Å². The van der Waals surface area contributed by atoms with Crippen LogP contribution < -0.4 is 5.32 Å². The van der Waals surface area contributed by atoms with Crippen LogP contribution in [0.2, 0.25) is 0 Å². The topological polar surface area (TPSA) is 41.5 Å². The number of ether oxygens (including phenoxy) is 1. The largest absolute Gasteiger partial charge is 0.394 e. The van der Waals surface area contributed by atoms with E-state index in [1.165, 1.54) is 5.56 Å². The van der Waals surface area contributed by atoms with Crippen LogP contribution in [0.5, 0.6) is 0 Å². The molecule has 0 saturated carbocycles. The number of aliphatic hydroxyl groups excluding tert-OH is 1. The van der Waals surface area contributed by atoms with Crippen molar-refractivity contribution in [3.63, 3.8) is 0 Å². The number of nitrogens with one attached hydrogen (secondary N) is 1. The predicted molar refractivity (Wildman–Crippen MR) is 89.8 cm³/mol. The van der Waals surface area contributed by atoms with Gasteiger partial charge in [0.2, 0.25) is 0 Å². The van der Waals surface area contributed by atoms with Gasteiger partial charge in [0, 0.05) is 24.2 Å². The summed E-state index contributed by atoms with van der Waals surface area (Å²) in [6, 6.07) is 10.4. The maximum Gasteiger partial charge on any atom is 0.0760 e. The van der Waals surface area contributed by atoms with E-state index in [9.17, 15) is 5.11 Å². The van der Waals surface area contributed by atoms with Gasteiger partial charge < -0.3 is 15.2 Å². The number of hydrogen-bond acceptors (Lipinski definition) is 4. The highest BCUT2D eigenvalue weighted by Gasteiger charge is 2.32.